The molecule has 0 bridgehead atoms. The Hall–Kier alpha value is -3.53. The predicted octanol–water partition coefficient (Wildman–Crippen LogP) is 2.10. The fraction of sp³-hybridized carbons (Fsp3) is 0.458. The Bertz CT molecular complexity index is 1380. The van der Waals surface area contributed by atoms with Crippen molar-refractivity contribution in [1.29, 1.82) is 0 Å². The molecule has 4 heterocycles. The number of rotatable bonds is 4. The van der Waals surface area contributed by atoms with Crippen molar-refractivity contribution in [2.45, 2.75) is 45.6 Å². The van der Waals surface area contributed by atoms with Crippen LogP contribution < -0.4 is 21.3 Å². The summed E-state index contributed by atoms with van der Waals surface area (Å²) in [7, 11) is 0. The van der Waals surface area contributed by atoms with Gasteiger partial charge in [0.15, 0.2) is 11.3 Å². The molecule has 1 aliphatic carbocycles. The third kappa shape index (κ3) is 3.87. The molecule has 0 amide bonds. The van der Waals surface area contributed by atoms with Crippen molar-refractivity contribution in [3.05, 3.63) is 51.5 Å². The van der Waals surface area contributed by atoms with Crippen LogP contribution in [-0.2, 0) is 0 Å². The summed E-state index contributed by atoms with van der Waals surface area (Å²) in [6, 6.07) is 3.67. The second-order valence-corrected chi connectivity index (χ2v) is 8.99. The number of anilines is 1. The van der Waals surface area contributed by atoms with Gasteiger partial charge in [-0.05, 0) is 44.4 Å². The van der Waals surface area contributed by atoms with Gasteiger partial charge in [0.2, 0.25) is 0 Å². The second-order valence-electron chi connectivity index (χ2n) is 8.99. The molecule has 2 aliphatic rings. The fourth-order valence-corrected chi connectivity index (χ4v) is 5.13. The first-order chi connectivity index (χ1) is 16.5. The zero-order valence-corrected chi connectivity index (χ0v) is 19.5. The van der Waals surface area contributed by atoms with Crippen LogP contribution in [0.3, 0.4) is 0 Å². The van der Waals surface area contributed by atoms with E-state index in [-0.39, 0.29) is 28.9 Å². The number of piperazine rings is 1. The first-order valence-electron chi connectivity index (χ1n) is 11.8. The summed E-state index contributed by atoms with van der Waals surface area (Å²) >= 11 is 0. The lowest BCUT2D eigenvalue weighted by molar-refractivity contribution is 0.101. The van der Waals surface area contributed by atoms with Gasteiger partial charge in [-0.25, -0.2) is 4.98 Å². The molecule has 3 aromatic heterocycles. The van der Waals surface area contributed by atoms with E-state index in [1.807, 2.05) is 6.07 Å². The van der Waals surface area contributed by atoms with Gasteiger partial charge in [0, 0.05) is 50.0 Å². The molecule has 1 aliphatic heterocycles. The quantitative estimate of drug-likeness (QED) is 0.449. The highest BCUT2D eigenvalue weighted by molar-refractivity contribution is 5.99. The summed E-state index contributed by atoms with van der Waals surface area (Å²) in [5.41, 5.74) is 2.09. The molecule has 0 atom stereocenters. The van der Waals surface area contributed by atoms with E-state index in [0.717, 1.165) is 62.3 Å². The molecule has 0 radical (unpaired) electrons. The molecule has 0 spiro atoms. The number of aryl methyl sites for hydroxylation is 1. The minimum atomic E-state index is -0.299. The average Bonchev–Trinajstić information content (AvgIpc) is 3.35. The van der Waals surface area contributed by atoms with Crippen molar-refractivity contribution < 1.29 is 10.0 Å². The lowest BCUT2D eigenvalue weighted by atomic mass is 10.0. The van der Waals surface area contributed by atoms with Crippen molar-refractivity contribution in [2.75, 3.05) is 31.1 Å². The normalized spacial score (nSPS) is 17.6. The van der Waals surface area contributed by atoms with Crippen LogP contribution in [0.4, 0.5) is 11.6 Å². The maximum absolute atomic E-state index is 13.4. The zero-order valence-electron chi connectivity index (χ0n) is 19.5. The van der Waals surface area contributed by atoms with Gasteiger partial charge in [-0.1, -0.05) is 12.8 Å². The molecule has 0 unspecified atom stereocenters. The molecule has 178 valence electrons. The number of nitrogens with zero attached hydrogens (tertiary/aromatic N) is 6. The second kappa shape index (κ2) is 9.02. The summed E-state index contributed by atoms with van der Waals surface area (Å²) < 4.78 is 2.64. The van der Waals surface area contributed by atoms with Crippen molar-refractivity contribution in [1.82, 2.24) is 24.6 Å². The number of hydrogen-bond acceptors (Lipinski definition) is 8. The first-order valence-corrected chi connectivity index (χ1v) is 11.8. The van der Waals surface area contributed by atoms with Crippen molar-refractivity contribution in [3.8, 4) is 0 Å². The van der Waals surface area contributed by atoms with Crippen molar-refractivity contribution in [2.24, 2.45) is 4.99 Å². The number of aromatic nitrogens is 4. The number of pyridine rings is 2. The van der Waals surface area contributed by atoms with Crippen LogP contribution in [0.5, 0.6) is 0 Å². The van der Waals surface area contributed by atoms with Gasteiger partial charge in [-0.15, -0.1) is 0 Å². The number of Topliss-reactive ketones (excluding diaryl/α,β-unsaturated/α-hetero) is 1. The zero-order chi connectivity index (χ0) is 23.8. The maximum Gasteiger partial charge on any atom is 0.263 e. The highest BCUT2D eigenvalue weighted by Gasteiger charge is 2.26. The lowest BCUT2D eigenvalue weighted by Crippen LogP contribution is -2.46. The summed E-state index contributed by atoms with van der Waals surface area (Å²) in [4.78, 5) is 41.6. The monoisotopic (exact) mass is 463 g/mol. The SMILES string of the molecule is CC(=O)c1c(C)c2cnc(/N=c3/c(N4CCNCC4)cccn3O)nc2n(C2CCCC2)c1=O. The highest BCUT2D eigenvalue weighted by atomic mass is 16.5. The number of hydrogen-bond donors (Lipinski definition) is 2. The van der Waals surface area contributed by atoms with Crippen LogP contribution in [0.1, 0.15) is 54.6 Å². The minimum Gasteiger partial charge on any atom is -0.427 e. The molecule has 34 heavy (non-hydrogen) atoms. The van der Waals surface area contributed by atoms with Gasteiger partial charge in [-0.2, -0.15) is 14.7 Å². The summed E-state index contributed by atoms with van der Waals surface area (Å²) in [6.07, 6.45) is 6.95. The van der Waals surface area contributed by atoms with Crippen LogP contribution >= 0.6 is 0 Å². The smallest absolute Gasteiger partial charge is 0.263 e. The largest absolute Gasteiger partial charge is 0.427 e. The fourth-order valence-electron chi connectivity index (χ4n) is 5.13. The van der Waals surface area contributed by atoms with Gasteiger partial charge in [0.1, 0.15) is 5.65 Å². The average molecular weight is 464 g/mol. The topological polar surface area (TPSA) is 118 Å². The minimum absolute atomic E-state index is 0.00707. The molecule has 2 fully saturated rings. The molecule has 3 aromatic rings. The van der Waals surface area contributed by atoms with Crippen LogP contribution in [0.2, 0.25) is 0 Å². The molecule has 1 saturated heterocycles. The number of fused-ring (bicyclic) bond motifs is 1. The molecule has 0 aromatic carbocycles. The van der Waals surface area contributed by atoms with E-state index < -0.39 is 0 Å². The van der Waals surface area contributed by atoms with E-state index in [2.05, 4.69) is 25.2 Å². The molecule has 10 heteroatoms. The van der Waals surface area contributed by atoms with Crippen LogP contribution in [0, 0.1) is 6.92 Å². The van der Waals surface area contributed by atoms with E-state index in [0.29, 0.717) is 22.1 Å². The molecule has 2 N–H and O–H groups in total. The van der Waals surface area contributed by atoms with E-state index in [9.17, 15) is 14.8 Å². The van der Waals surface area contributed by atoms with Crippen LogP contribution in [-0.4, -0.2) is 56.4 Å². The maximum atomic E-state index is 13.4. The number of ketones is 1. The van der Waals surface area contributed by atoms with Gasteiger partial charge in [0.25, 0.3) is 11.5 Å². The molecule has 1 saturated carbocycles. The Kier molecular flexibility index (Phi) is 5.91. The molecular formula is C24H29N7O3. The van der Waals surface area contributed by atoms with Crippen LogP contribution in [0.25, 0.3) is 11.0 Å². The third-order valence-corrected chi connectivity index (χ3v) is 6.83. The first kappa shape index (κ1) is 22.3. The Morgan fingerprint density at radius 3 is 2.68 bits per heavy atom. The number of carbonyl (C=O) groups is 1. The molecule has 5 rings (SSSR count). The third-order valence-electron chi connectivity index (χ3n) is 6.83. The Morgan fingerprint density at radius 1 is 1.24 bits per heavy atom. The van der Waals surface area contributed by atoms with Gasteiger partial charge < -0.3 is 15.4 Å². The number of nitrogens with one attached hydrogen (secondary N) is 1. The van der Waals surface area contributed by atoms with Crippen molar-refractivity contribution in [3.63, 3.8) is 0 Å². The van der Waals surface area contributed by atoms with Gasteiger partial charge >= 0.3 is 0 Å². The van der Waals surface area contributed by atoms with Gasteiger partial charge in [-0.3, -0.25) is 14.2 Å². The highest BCUT2D eigenvalue weighted by Crippen LogP contribution is 2.32. The summed E-state index contributed by atoms with van der Waals surface area (Å²) in [5, 5.41) is 14.5. The van der Waals surface area contributed by atoms with Gasteiger partial charge in [0.05, 0.1) is 11.3 Å². The lowest BCUT2D eigenvalue weighted by Gasteiger charge is -2.29. The van der Waals surface area contributed by atoms with Crippen molar-refractivity contribution >= 4 is 28.5 Å². The van der Waals surface area contributed by atoms with Crippen LogP contribution in [0.15, 0.2) is 34.3 Å². The predicted molar refractivity (Wildman–Crippen MR) is 128 cm³/mol. The van der Waals surface area contributed by atoms with E-state index >= 15 is 0 Å². The molecule has 10 nitrogen and oxygen atoms in total. The molecular weight excluding hydrogens is 434 g/mol. The van der Waals surface area contributed by atoms with E-state index in [1.165, 1.54) is 13.1 Å². The van der Waals surface area contributed by atoms with E-state index in [4.69, 9.17) is 0 Å². The Balaban J connectivity index is 1.73. The Morgan fingerprint density at radius 2 is 1.97 bits per heavy atom. The summed E-state index contributed by atoms with van der Waals surface area (Å²) in [5.74, 6) is -0.102. The Labute approximate surface area is 196 Å². The standard InChI is InChI=1S/C24H29N7O3/c1-15-18-14-26-24(28-22-19(8-5-11-30(22)34)29-12-9-25-10-13-29)27-21(18)31(17-6-3-4-7-17)23(33)20(15)16(2)32/h5,8,11,14,17,25,34H,3-4,6-7,9-10,12-13H2,1-2H3/b28-22-. The summed E-state index contributed by atoms with van der Waals surface area (Å²) in [6.45, 7) is 6.46. The number of carbonyl (C=O) groups excluding carboxylic acids is 1. The van der Waals surface area contributed by atoms with E-state index in [1.54, 1.807) is 23.8 Å².